The summed E-state index contributed by atoms with van der Waals surface area (Å²) < 4.78 is 10.4. The van der Waals surface area contributed by atoms with Gasteiger partial charge in [-0.2, -0.15) is 0 Å². The first-order chi connectivity index (χ1) is 10.0. The first-order valence-electron chi connectivity index (χ1n) is 7.49. The van der Waals surface area contributed by atoms with Crippen molar-refractivity contribution in [1.29, 1.82) is 0 Å². The standard InChI is InChI=1S/C18H26O3/c1-6-13(3)14(4)17(18(19)21-7-2)12-15-8-10-16(20-5)11-9-15/h8-11,17H,6-7,12H2,1-5H3/b14-13-. The van der Waals surface area contributed by atoms with E-state index in [9.17, 15) is 4.79 Å². The second kappa shape index (κ2) is 8.50. The van der Waals surface area contributed by atoms with Gasteiger partial charge in [-0.15, -0.1) is 0 Å². The molecule has 0 saturated carbocycles. The molecule has 0 heterocycles. The van der Waals surface area contributed by atoms with Crippen molar-refractivity contribution in [3.8, 4) is 5.75 Å². The van der Waals surface area contributed by atoms with Gasteiger partial charge in [0.2, 0.25) is 0 Å². The van der Waals surface area contributed by atoms with Gasteiger partial charge in [0.1, 0.15) is 5.75 Å². The highest BCUT2D eigenvalue weighted by atomic mass is 16.5. The fourth-order valence-electron chi connectivity index (χ4n) is 2.23. The predicted molar refractivity (Wildman–Crippen MR) is 85.5 cm³/mol. The summed E-state index contributed by atoms with van der Waals surface area (Å²) in [6, 6.07) is 7.84. The van der Waals surface area contributed by atoms with E-state index in [1.54, 1.807) is 7.11 Å². The number of ether oxygens (including phenoxy) is 2. The molecule has 1 atom stereocenters. The highest BCUT2D eigenvalue weighted by molar-refractivity contribution is 5.76. The van der Waals surface area contributed by atoms with Crippen LogP contribution in [0.3, 0.4) is 0 Å². The van der Waals surface area contributed by atoms with Crippen LogP contribution in [0.5, 0.6) is 5.75 Å². The smallest absolute Gasteiger partial charge is 0.313 e. The van der Waals surface area contributed by atoms with Gasteiger partial charge in [0.05, 0.1) is 19.6 Å². The largest absolute Gasteiger partial charge is 0.497 e. The number of methoxy groups -OCH3 is 1. The predicted octanol–water partition coefficient (Wildman–Crippen LogP) is 4.16. The summed E-state index contributed by atoms with van der Waals surface area (Å²) in [6.45, 7) is 8.47. The minimum Gasteiger partial charge on any atom is -0.497 e. The van der Waals surface area contributed by atoms with Crippen molar-refractivity contribution in [2.75, 3.05) is 13.7 Å². The van der Waals surface area contributed by atoms with Crippen molar-refractivity contribution >= 4 is 5.97 Å². The molecule has 1 unspecified atom stereocenters. The fourth-order valence-corrected chi connectivity index (χ4v) is 2.23. The lowest BCUT2D eigenvalue weighted by Crippen LogP contribution is -2.22. The molecule has 0 aliphatic heterocycles. The molecule has 1 aromatic rings. The minimum atomic E-state index is -0.210. The van der Waals surface area contributed by atoms with Gasteiger partial charge in [0.25, 0.3) is 0 Å². The van der Waals surface area contributed by atoms with Crippen LogP contribution in [0.25, 0.3) is 0 Å². The lowest BCUT2D eigenvalue weighted by Gasteiger charge is -2.19. The van der Waals surface area contributed by atoms with Crippen LogP contribution < -0.4 is 4.74 Å². The van der Waals surface area contributed by atoms with Crippen LogP contribution in [0.15, 0.2) is 35.4 Å². The van der Waals surface area contributed by atoms with E-state index in [0.29, 0.717) is 13.0 Å². The average molecular weight is 290 g/mol. The van der Waals surface area contributed by atoms with Crippen molar-refractivity contribution in [2.24, 2.45) is 5.92 Å². The van der Waals surface area contributed by atoms with E-state index in [4.69, 9.17) is 9.47 Å². The topological polar surface area (TPSA) is 35.5 Å². The highest BCUT2D eigenvalue weighted by Gasteiger charge is 2.23. The number of esters is 1. The summed E-state index contributed by atoms with van der Waals surface area (Å²) in [5.41, 5.74) is 3.48. The Kier molecular flexibility index (Phi) is 7.00. The molecule has 0 aliphatic rings. The Morgan fingerprint density at radius 3 is 2.24 bits per heavy atom. The van der Waals surface area contributed by atoms with Gasteiger partial charge in [-0.3, -0.25) is 4.79 Å². The average Bonchev–Trinajstić information content (AvgIpc) is 2.51. The Bertz CT molecular complexity index is 486. The van der Waals surface area contributed by atoms with Crippen molar-refractivity contribution in [3.63, 3.8) is 0 Å². The third kappa shape index (κ3) is 4.92. The van der Waals surface area contributed by atoms with E-state index in [-0.39, 0.29) is 11.9 Å². The Morgan fingerprint density at radius 2 is 1.76 bits per heavy atom. The summed E-state index contributed by atoms with van der Waals surface area (Å²) in [6.07, 6.45) is 1.61. The molecular formula is C18H26O3. The SMILES string of the molecule is CCOC(=O)C(Cc1ccc(OC)cc1)/C(C)=C(/C)CC. The monoisotopic (exact) mass is 290 g/mol. The third-order valence-electron chi connectivity index (χ3n) is 3.90. The van der Waals surface area contributed by atoms with E-state index in [2.05, 4.69) is 13.8 Å². The number of carbonyl (C=O) groups is 1. The number of allylic oxidation sites excluding steroid dienone is 1. The number of hydrogen-bond donors (Lipinski definition) is 0. The van der Waals surface area contributed by atoms with Crippen LogP contribution in [0, 0.1) is 5.92 Å². The quantitative estimate of drug-likeness (QED) is 0.558. The fraction of sp³-hybridized carbons (Fsp3) is 0.500. The number of rotatable bonds is 7. The first-order valence-corrected chi connectivity index (χ1v) is 7.49. The molecule has 0 amide bonds. The van der Waals surface area contributed by atoms with Crippen molar-refractivity contribution < 1.29 is 14.3 Å². The second-order valence-corrected chi connectivity index (χ2v) is 5.17. The zero-order valence-electron chi connectivity index (χ0n) is 13.7. The van der Waals surface area contributed by atoms with Crippen LogP contribution in [0.4, 0.5) is 0 Å². The minimum absolute atomic E-state index is 0.140. The van der Waals surface area contributed by atoms with Crippen molar-refractivity contribution in [2.45, 2.75) is 40.5 Å². The lowest BCUT2D eigenvalue weighted by molar-refractivity contribution is -0.146. The van der Waals surface area contributed by atoms with E-state index >= 15 is 0 Å². The van der Waals surface area contributed by atoms with Crippen LogP contribution in [-0.4, -0.2) is 19.7 Å². The molecule has 0 fully saturated rings. The Labute approximate surface area is 128 Å². The van der Waals surface area contributed by atoms with Crippen molar-refractivity contribution in [3.05, 3.63) is 41.0 Å². The molecule has 0 bridgehead atoms. The molecule has 0 N–H and O–H groups in total. The van der Waals surface area contributed by atoms with Crippen molar-refractivity contribution in [1.82, 2.24) is 0 Å². The molecule has 116 valence electrons. The molecule has 0 aromatic heterocycles. The molecule has 0 saturated heterocycles. The lowest BCUT2D eigenvalue weighted by atomic mass is 9.89. The summed E-state index contributed by atoms with van der Waals surface area (Å²) >= 11 is 0. The van der Waals surface area contributed by atoms with Gasteiger partial charge in [-0.1, -0.05) is 30.2 Å². The van der Waals surface area contributed by atoms with Gasteiger partial charge in [-0.05, 0) is 51.3 Å². The maximum Gasteiger partial charge on any atom is 0.313 e. The van der Waals surface area contributed by atoms with Gasteiger partial charge in [0, 0.05) is 0 Å². The van der Waals surface area contributed by atoms with E-state index in [1.807, 2.05) is 38.1 Å². The van der Waals surface area contributed by atoms with Gasteiger partial charge >= 0.3 is 5.97 Å². The van der Waals surface area contributed by atoms with Crippen LogP contribution in [-0.2, 0) is 16.0 Å². The first kappa shape index (κ1) is 17.3. The Morgan fingerprint density at radius 1 is 1.14 bits per heavy atom. The Balaban J connectivity index is 2.98. The molecule has 1 rings (SSSR count). The molecule has 1 aromatic carbocycles. The Hall–Kier alpha value is -1.77. The summed E-state index contributed by atoms with van der Waals surface area (Å²) in [5.74, 6) is 0.473. The zero-order valence-corrected chi connectivity index (χ0v) is 13.7. The van der Waals surface area contributed by atoms with Gasteiger partial charge in [0.15, 0.2) is 0 Å². The maximum atomic E-state index is 12.3. The van der Waals surface area contributed by atoms with Crippen LogP contribution in [0.2, 0.25) is 0 Å². The summed E-state index contributed by atoms with van der Waals surface area (Å²) in [4.78, 5) is 12.3. The molecule has 0 spiro atoms. The van der Waals surface area contributed by atoms with E-state index < -0.39 is 0 Å². The van der Waals surface area contributed by atoms with Crippen LogP contribution >= 0.6 is 0 Å². The van der Waals surface area contributed by atoms with E-state index in [0.717, 1.165) is 23.3 Å². The zero-order chi connectivity index (χ0) is 15.8. The molecule has 3 heteroatoms. The van der Waals surface area contributed by atoms with Crippen LogP contribution in [0.1, 0.15) is 39.7 Å². The number of carbonyl (C=O) groups excluding carboxylic acids is 1. The molecule has 0 aliphatic carbocycles. The highest BCUT2D eigenvalue weighted by Crippen LogP contribution is 2.24. The summed E-state index contributed by atoms with van der Waals surface area (Å²) in [7, 11) is 1.65. The molecule has 21 heavy (non-hydrogen) atoms. The molecule has 3 nitrogen and oxygen atoms in total. The third-order valence-corrected chi connectivity index (χ3v) is 3.90. The number of benzene rings is 1. The summed E-state index contributed by atoms with van der Waals surface area (Å²) in [5, 5.41) is 0. The number of hydrogen-bond acceptors (Lipinski definition) is 3. The van der Waals surface area contributed by atoms with Gasteiger partial charge < -0.3 is 9.47 Å². The second-order valence-electron chi connectivity index (χ2n) is 5.17. The molecule has 0 radical (unpaired) electrons. The normalized spacial score (nSPS) is 13.4. The molecular weight excluding hydrogens is 264 g/mol. The van der Waals surface area contributed by atoms with Gasteiger partial charge in [-0.25, -0.2) is 0 Å². The maximum absolute atomic E-state index is 12.3. The van der Waals surface area contributed by atoms with E-state index in [1.165, 1.54) is 5.57 Å².